The van der Waals surface area contributed by atoms with Crippen molar-refractivity contribution >= 4 is 0 Å². The Morgan fingerprint density at radius 3 is 2.29 bits per heavy atom. The van der Waals surface area contributed by atoms with Gasteiger partial charge in [-0.05, 0) is 44.7 Å². The lowest BCUT2D eigenvalue weighted by Crippen LogP contribution is -2.34. The second-order valence-corrected chi connectivity index (χ2v) is 5.14. The summed E-state index contributed by atoms with van der Waals surface area (Å²) in [4.78, 5) is 0. The summed E-state index contributed by atoms with van der Waals surface area (Å²) in [6.45, 7) is 9.03. The average Bonchev–Trinajstić information content (AvgIpc) is 2.28. The molecule has 0 amide bonds. The van der Waals surface area contributed by atoms with Crippen LogP contribution in [0.25, 0.3) is 0 Å². The van der Waals surface area contributed by atoms with E-state index in [1.807, 2.05) is 13.8 Å². The van der Waals surface area contributed by atoms with Gasteiger partial charge in [-0.2, -0.15) is 0 Å². The molecule has 17 heavy (non-hydrogen) atoms. The molecule has 1 rings (SSSR count). The summed E-state index contributed by atoms with van der Waals surface area (Å²) in [5, 5.41) is 0. The first-order valence-electron chi connectivity index (χ1n) is 6.45. The van der Waals surface area contributed by atoms with Crippen LogP contribution in [0.5, 0.6) is 0 Å². The molecule has 0 saturated carbocycles. The Balaban J connectivity index is 2.61. The summed E-state index contributed by atoms with van der Waals surface area (Å²) in [6, 6.07) is 8.58. The molecule has 0 aromatic heterocycles. The molecule has 0 bridgehead atoms. The van der Waals surface area contributed by atoms with Gasteiger partial charge in [0, 0.05) is 12.1 Å². The van der Waals surface area contributed by atoms with Gasteiger partial charge in [-0.3, -0.25) is 0 Å². The number of aryl methyl sites for hydroxylation is 1. The van der Waals surface area contributed by atoms with E-state index in [-0.39, 0.29) is 11.6 Å². The molecule has 1 unspecified atom stereocenters. The van der Waals surface area contributed by atoms with E-state index in [0.29, 0.717) is 6.61 Å². The largest absolute Gasteiger partial charge is 0.379 e. The fourth-order valence-electron chi connectivity index (χ4n) is 1.77. The van der Waals surface area contributed by atoms with Crippen molar-refractivity contribution in [2.75, 3.05) is 6.61 Å². The van der Waals surface area contributed by atoms with E-state index < -0.39 is 0 Å². The number of benzene rings is 1. The maximum Gasteiger partial charge on any atom is 0.0518 e. The molecule has 1 atom stereocenters. The van der Waals surface area contributed by atoms with Gasteiger partial charge in [-0.15, -0.1) is 0 Å². The van der Waals surface area contributed by atoms with Crippen LogP contribution in [0.15, 0.2) is 24.3 Å². The fraction of sp³-hybridized carbons (Fsp3) is 0.600. The highest BCUT2D eigenvalue weighted by molar-refractivity contribution is 5.27. The highest BCUT2D eigenvalue weighted by Crippen LogP contribution is 2.22. The first-order chi connectivity index (χ1) is 7.95. The van der Waals surface area contributed by atoms with E-state index in [9.17, 15) is 0 Å². The number of hydrogen-bond donors (Lipinski definition) is 1. The monoisotopic (exact) mass is 235 g/mol. The van der Waals surface area contributed by atoms with Gasteiger partial charge >= 0.3 is 0 Å². The van der Waals surface area contributed by atoms with Crippen LogP contribution in [0.1, 0.15) is 45.2 Å². The molecule has 2 nitrogen and oxygen atoms in total. The molecule has 2 heteroatoms. The van der Waals surface area contributed by atoms with Crippen LogP contribution in [0.3, 0.4) is 0 Å². The first kappa shape index (κ1) is 14.2. The fourth-order valence-corrected chi connectivity index (χ4v) is 1.77. The third-order valence-electron chi connectivity index (χ3n) is 3.09. The Labute approximate surface area is 105 Å². The van der Waals surface area contributed by atoms with Crippen molar-refractivity contribution in [2.24, 2.45) is 5.73 Å². The van der Waals surface area contributed by atoms with E-state index in [1.54, 1.807) is 0 Å². The second-order valence-electron chi connectivity index (χ2n) is 5.14. The van der Waals surface area contributed by atoms with E-state index in [0.717, 1.165) is 12.8 Å². The maximum atomic E-state index is 6.34. The van der Waals surface area contributed by atoms with Crippen molar-refractivity contribution < 1.29 is 4.74 Å². The molecule has 2 N–H and O–H groups in total. The third kappa shape index (κ3) is 4.49. The molecule has 0 aliphatic carbocycles. The number of nitrogens with two attached hydrogens (primary N) is 1. The Hall–Kier alpha value is -0.860. The van der Waals surface area contributed by atoms with Gasteiger partial charge in [-0.25, -0.2) is 0 Å². The van der Waals surface area contributed by atoms with Crippen LogP contribution in [0.2, 0.25) is 0 Å². The molecule has 0 spiro atoms. The zero-order valence-corrected chi connectivity index (χ0v) is 11.5. The molecular weight excluding hydrogens is 210 g/mol. The Morgan fingerprint density at radius 2 is 1.82 bits per heavy atom. The van der Waals surface area contributed by atoms with Crippen LogP contribution in [-0.2, 0) is 16.7 Å². The van der Waals surface area contributed by atoms with Gasteiger partial charge in [-0.1, -0.05) is 31.2 Å². The van der Waals surface area contributed by atoms with Crippen LogP contribution in [0.4, 0.5) is 0 Å². The maximum absolute atomic E-state index is 6.34. The summed E-state index contributed by atoms with van der Waals surface area (Å²) in [5.74, 6) is 0. The van der Waals surface area contributed by atoms with Crippen LogP contribution >= 0.6 is 0 Å². The van der Waals surface area contributed by atoms with Gasteiger partial charge < -0.3 is 10.5 Å². The average molecular weight is 235 g/mol. The summed E-state index contributed by atoms with van der Waals surface area (Å²) >= 11 is 0. The molecule has 0 aliphatic rings. The van der Waals surface area contributed by atoms with E-state index >= 15 is 0 Å². The normalized spacial score (nSPS) is 14.9. The first-order valence-corrected chi connectivity index (χ1v) is 6.45. The minimum absolute atomic E-state index is 0.272. The predicted octanol–water partition coefficient (Wildman–Crippen LogP) is 3.24. The summed E-state index contributed by atoms with van der Waals surface area (Å²) in [5.41, 5.74) is 8.56. The Morgan fingerprint density at radius 1 is 1.24 bits per heavy atom. The van der Waals surface area contributed by atoms with Crippen LogP contribution < -0.4 is 5.73 Å². The van der Waals surface area contributed by atoms with Crippen LogP contribution in [0, 0.1) is 0 Å². The summed E-state index contributed by atoms with van der Waals surface area (Å²) < 4.78 is 5.56. The predicted molar refractivity (Wildman–Crippen MR) is 73.1 cm³/mol. The van der Waals surface area contributed by atoms with Gasteiger partial charge in [0.25, 0.3) is 0 Å². The molecule has 0 saturated heterocycles. The van der Waals surface area contributed by atoms with E-state index in [2.05, 4.69) is 38.1 Å². The molecule has 96 valence electrons. The molecule has 0 fully saturated rings. The van der Waals surface area contributed by atoms with E-state index in [1.165, 1.54) is 11.1 Å². The lowest BCUT2D eigenvalue weighted by molar-refractivity contribution is 0.0660. The van der Waals surface area contributed by atoms with Crippen molar-refractivity contribution in [3.05, 3.63) is 35.4 Å². The number of rotatable bonds is 6. The van der Waals surface area contributed by atoms with Gasteiger partial charge in [0.2, 0.25) is 0 Å². The van der Waals surface area contributed by atoms with Crippen molar-refractivity contribution in [3.8, 4) is 0 Å². The number of ether oxygens (including phenoxy) is 1. The second kappa shape index (κ2) is 6.18. The highest BCUT2D eigenvalue weighted by Gasteiger charge is 2.20. The van der Waals surface area contributed by atoms with Gasteiger partial charge in [0.1, 0.15) is 0 Å². The molecule has 1 aromatic carbocycles. The number of hydrogen-bond acceptors (Lipinski definition) is 2. The smallest absolute Gasteiger partial charge is 0.0518 e. The van der Waals surface area contributed by atoms with Gasteiger partial charge in [0.05, 0.1) is 6.10 Å². The Kier molecular flexibility index (Phi) is 5.16. The lowest BCUT2D eigenvalue weighted by atomic mass is 9.89. The topological polar surface area (TPSA) is 35.2 Å². The van der Waals surface area contributed by atoms with Crippen molar-refractivity contribution in [3.63, 3.8) is 0 Å². The van der Waals surface area contributed by atoms with Gasteiger partial charge in [0.15, 0.2) is 0 Å². The quantitative estimate of drug-likeness (QED) is 0.821. The minimum atomic E-state index is -0.304. The zero-order chi connectivity index (χ0) is 12.9. The third-order valence-corrected chi connectivity index (χ3v) is 3.09. The van der Waals surface area contributed by atoms with Crippen molar-refractivity contribution in [1.29, 1.82) is 0 Å². The Bertz CT molecular complexity index is 327. The lowest BCUT2D eigenvalue weighted by Gasteiger charge is -2.26. The molecular formula is C15H25NO. The minimum Gasteiger partial charge on any atom is -0.379 e. The van der Waals surface area contributed by atoms with Crippen molar-refractivity contribution in [1.82, 2.24) is 0 Å². The van der Waals surface area contributed by atoms with E-state index in [4.69, 9.17) is 10.5 Å². The van der Waals surface area contributed by atoms with Crippen molar-refractivity contribution in [2.45, 2.75) is 52.2 Å². The zero-order valence-electron chi connectivity index (χ0n) is 11.5. The molecule has 0 radical (unpaired) electrons. The van der Waals surface area contributed by atoms with Crippen LogP contribution in [-0.4, -0.2) is 12.7 Å². The highest BCUT2D eigenvalue weighted by atomic mass is 16.5. The molecule has 0 heterocycles. The summed E-state index contributed by atoms with van der Waals surface area (Å²) in [7, 11) is 0. The molecule has 1 aromatic rings. The molecule has 0 aliphatic heterocycles. The standard InChI is InChI=1S/C15H25NO/c1-5-13-6-8-14(9-7-13)15(4,16)10-11-17-12(2)3/h6-9,12H,5,10-11,16H2,1-4H3. The SMILES string of the molecule is CCc1ccc(C(C)(N)CCOC(C)C)cc1. The summed E-state index contributed by atoms with van der Waals surface area (Å²) in [6.07, 6.45) is 2.18.